The number of aryl methyl sites for hydroxylation is 2. The zero-order chi connectivity index (χ0) is 25.8. The first-order chi connectivity index (χ1) is 18.0. The van der Waals surface area contributed by atoms with Crippen molar-refractivity contribution >= 4 is 23.3 Å². The first-order valence-corrected chi connectivity index (χ1v) is 11.8. The van der Waals surface area contributed by atoms with Gasteiger partial charge in [0.05, 0.1) is 12.8 Å². The van der Waals surface area contributed by atoms with Gasteiger partial charge in [0.1, 0.15) is 12.4 Å². The molecule has 0 atom stereocenters. The average molecular weight is 495 g/mol. The Morgan fingerprint density at radius 2 is 1.70 bits per heavy atom. The number of aromatic amines is 1. The van der Waals surface area contributed by atoms with Gasteiger partial charge in [0.2, 0.25) is 5.95 Å². The predicted molar refractivity (Wildman–Crippen MR) is 144 cm³/mol. The van der Waals surface area contributed by atoms with Gasteiger partial charge in [-0.15, -0.1) is 0 Å². The molecule has 0 aliphatic carbocycles. The van der Waals surface area contributed by atoms with E-state index in [9.17, 15) is 9.59 Å². The molecule has 0 saturated carbocycles. The lowest BCUT2D eigenvalue weighted by Crippen LogP contribution is -2.29. The van der Waals surface area contributed by atoms with E-state index in [1.54, 1.807) is 17.8 Å². The molecule has 2 aromatic heterocycles. The summed E-state index contributed by atoms with van der Waals surface area (Å²) >= 11 is 0. The van der Waals surface area contributed by atoms with Gasteiger partial charge in [-0.2, -0.15) is 10.1 Å². The number of imidazole rings is 1. The van der Waals surface area contributed by atoms with E-state index in [4.69, 9.17) is 4.74 Å². The molecule has 9 nitrogen and oxygen atoms in total. The van der Waals surface area contributed by atoms with Gasteiger partial charge in [0.25, 0.3) is 5.56 Å². The molecule has 0 bridgehead atoms. The zero-order valence-corrected chi connectivity index (χ0v) is 20.5. The lowest BCUT2D eigenvalue weighted by molar-refractivity contribution is 0.306. The number of nitrogens with zero attached hydrogens (tertiary/aromatic N) is 4. The molecule has 2 heterocycles. The Morgan fingerprint density at radius 3 is 2.43 bits per heavy atom. The van der Waals surface area contributed by atoms with Gasteiger partial charge in [-0.3, -0.25) is 18.9 Å². The van der Waals surface area contributed by atoms with Crippen molar-refractivity contribution in [2.75, 3.05) is 5.43 Å². The van der Waals surface area contributed by atoms with Crippen LogP contribution in [-0.4, -0.2) is 25.3 Å². The number of hydrogen-bond acceptors (Lipinski definition) is 6. The Kier molecular flexibility index (Phi) is 6.67. The summed E-state index contributed by atoms with van der Waals surface area (Å²) in [6.45, 7) is 2.89. The summed E-state index contributed by atoms with van der Waals surface area (Å²) in [4.78, 5) is 31.7. The molecule has 2 N–H and O–H groups in total. The Hall–Kier alpha value is -4.92. The quantitative estimate of drug-likeness (QED) is 0.252. The molecule has 186 valence electrons. The molecule has 3 aromatic carbocycles. The monoisotopic (exact) mass is 494 g/mol. The van der Waals surface area contributed by atoms with E-state index in [-0.39, 0.29) is 5.65 Å². The molecule has 0 spiro atoms. The summed E-state index contributed by atoms with van der Waals surface area (Å²) in [6, 6.07) is 25.5. The van der Waals surface area contributed by atoms with E-state index in [1.807, 2.05) is 85.8 Å². The van der Waals surface area contributed by atoms with Crippen LogP contribution in [0.4, 0.5) is 5.95 Å². The summed E-state index contributed by atoms with van der Waals surface area (Å²) in [5.74, 6) is 1.11. The molecule has 9 heteroatoms. The van der Waals surface area contributed by atoms with Crippen LogP contribution >= 0.6 is 0 Å². The lowest BCUT2D eigenvalue weighted by atomic mass is 10.1. The number of aromatic nitrogens is 4. The van der Waals surface area contributed by atoms with Crippen molar-refractivity contribution in [3.63, 3.8) is 0 Å². The van der Waals surface area contributed by atoms with Crippen LogP contribution in [0.15, 0.2) is 93.6 Å². The fraction of sp³-hybridized carbons (Fsp3) is 0.143. The molecule has 5 rings (SSSR count). The zero-order valence-electron chi connectivity index (χ0n) is 20.5. The smallest absolute Gasteiger partial charge is 0.329 e. The fourth-order valence-electron chi connectivity index (χ4n) is 3.91. The molecule has 0 fully saturated rings. The summed E-state index contributed by atoms with van der Waals surface area (Å²) in [5.41, 5.74) is 6.56. The number of hydrazone groups is 1. The highest BCUT2D eigenvalue weighted by molar-refractivity contribution is 5.80. The molecule has 37 heavy (non-hydrogen) atoms. The summed E-state index contributed by atoms with van der Waals surface area (Å²) in [6.07, 6.45) is 1.65. The highest BCUT2D eigenvalue weighted by atomic mass is 16.5. The van der Waals surface area contributed by atoms with Gasteiger partial charge < -0.3 is 4.74 Å². The number of anilines is 1. The van der Waals surface area contributed by atoms with Crippen LogP contribution in [0.1, 0.15) is 22.3 Å². The van der Waals surface area contributed by atoms with Crippen LogP contribution in [0, 0.1) is 6.92 Å². The normalized spacial score (nSPS) is 11.3. The molecule has 5 aromatic rings. The minimum atomic E-state index is -0.526. The number of hydrogen-bond donors (Lipinski definition) is 2. The largest absolute Gasteiger partial charge is 0.489 e. The second-order valence-electron chi connectivity index (χ2n) is 8.71. The van der Waals surface area contributed by atoms with Gasteiger partial charge in [0.15, 0.2) is 11.2 Å². The Balaban J connectivity index is 1.36. The third kappa shape index (κ3) is 5.35. The average Bonchev–Trinajstić information content (AvgIpc) is 3.27. The Bertz CT molecular complexity index is 1660. The minimum Gasteiger partial charge on any atom is -0.489 e. The van der Waals surface area contributed by atoms with Crippen molar-refractivity contribution < 1.29 is 4.74 Å². The van der Waals surface area contributed by atoms with Crippen molar-refractivity contribution in [2.24, 2.45) is 12.1 Å². The number of rotatable bonds is 8. The Morgan fingerprint density at radius 1 is 0.973 bits per heavy atom. The predicted octanol–water partition coefficient (Wildman–Crippen LogP) is 3.81. The summed E-state index contributed by atoms with van der Waals surface area (Å²) in [7, 11) is 1.57. The van der Waals surface area contributed by atoms with E-state index >= 15 is 0 Å². The molecule has 0 saturated heterocycles. The number of H-pyrrole nitrogens is 1. The summed E-state index contributed by atoms with van der Waals surface area (Å²) in [5, 5.41) is 4.33. The first kappa shape index (κ1) is 23.8. The maximum absolute atomic E-state index is 12.7. The number of ether oxygens (including phenoxy) is 1. The van der Waals surface area contributed by atoms with Crippen LogP contribution in [0.3, 0.4) is 0 Å². The van der Waals surface area contributed by atoms with Crippen molar-refractivity contribution in [1.82, 2.24) is 19.1 Å². The van der Waals surface area contributed by atoms with Crippen molar-refractivity contribution in [1.29, 1.82) is 0 Å². The maximum Gasteiger partial charge on any atom is 0.329 e. The van der Waals surface area contributed by atoms with Crippen LogP contribution in [0.25, 0.3) is 11.2 Å². The van der Waals surface area contributed by atoms with Crippen LogP contribution in [-0.2, 0) is 20.2 Å². The highest BCUT2D eigenvalue weighted by Gasteiger charge is 2.17. The van der Waals surface area contributed by atoms with Gasteiger partial charge >= 0.3 is 5.69 Å². The van der Waals surface area contributed by atoms with E-state index in [2.05, 4.69) is 20.5 Å². The highest BCUT2D eigenvalue weighted by Crippen LogP contribution is 2.18. The van der Waals surface area contributed by atoms with E-state index in [0.29, 0.717) is 24.6 Å². The standard InChI is InChI=1S/C28H26N6O3/c1-19-8-10-21(11-9-19)17-34-24-25(33(2)28(36)31-26(24)35)30-27(34)32-29-16-20-12-14-23(15-13-20)37-18-22-6-4-3-5-7-22/h3-16H,17-18H2,1-2H3,(H,30,32)(H,31,35,36)/b29-16+. The molecule has 0 radical (unpaired) electrons. The number of nitrogens with one attached hydrogen (secondary N) is 2. The Labute approximate surface area is 212 Å². The molecular formula is C28H26N6O3. The molecule has 0 aliphatic heterocycles. The molecule has 0 amide bonds. The van der Waals surface area contributed by atoms with Crippen molar-refractivity contribution in [3.05, 3.63) is 122 Å². The van der Waals surface area contributed by atoms with Crippen LogP contribution in [0.2, 0.25) is 0 Å². The van der Waals surface area contributed by atoms with Crippen LogP contribution < -0.4 is 21.4 Å². The van der Waals surface area contributed by atoms with Gasteiger partial charge in [-0.1, -0.05) is 60.2 Å². The van der Waals surface area contributed by atoms with Gasteiger partial charge in [-0.05, 0) is 47.9 Å². The lowest BCUT2D eigenvalue weighted by Gasteiger charge is -2.09. The minimum absolute atomic E-state index is 0.276. The number of fused-ring (bicyclic) bond motifs is 1. The fourth-order valence-corrected chi connectivity index (χ4v) is 3.91. The van der Waals surface area contributed by atoms with Gasteiger partial charge in [0, 0.05) is 7.05 Å². The topological polar surface area (TPSA) is 106 Å². The first-order valence-electron chi connectivity index (χ1n) is 11.8. The third-order valence-electron chi connectivity index (χ3n) is 5.97. The molecule has 0 unspecified atom stereocenters. The van der Waals surface area contributed by atoms with Gasteiger partial charge in [-0.25, -0.2) is 10.2 Å². The maximum atomic E-state index is 12.7. The third-order valence-corrected chi connectivity index (χ3v) is 5.97. The van der Waals surface area contributed by atoms with Crippen LogP contribution in [0.5, 0.6) is 5.75 Å². The molecule has 0 aliphatic rings. The second-order valence-corrected chi connectivity index (χ2v) is 8.71. The van der Waals surface area contributed by atoms with Crippen molar-refractivity contribution in [2.45, 2.75) is 20.1 Å². The SMILES string of the molecule is Cc1ccc(Cn2c(N/N=C/c3ccc(OCc4ccccc4)cc3)nc3c2c(=O)[nH]c(=O)n3C)cc1. The second kappa shape index (κ2) is 10.4. The van der Waals surface area contributed by atoms with Crippen molar-refractivity contribution in [3.8, 4) is 5.75 Å². The van der Waals surface area contributed by atoms with E-state index in [0.717, 1.165) is 28.0 Å². The van der Waals surface area contributed by atoms with E-state index < -0.39 is 11.2 Å². The summed E-state index contributed by atoms with van der Waals surface area (Å²) < 4.78 is 8.86. The molecular weight excluding hydrogens is 468 g/mol. The number of benzene rings is 3. The van der Waals surface area contributed by atoms with E-state index in [1.165, 1.54) is 4.57 Å².